The predicted octanol–water partition coefficient (Wildman–Crippen LogP) is 6.20. The number of carbonyl (C=O) groups is 2. The molecule has 4 atom stereocenters. The number of methoxy groups -OCH3 is 1. The van der Waals surface area contributed by atoms with Gasteiger partial charge in [0.15, 0.2) is 0 Å². The van der Waals surface area contributed by atoms with E-state index in [1.54, 1.807) is 24.2 Å². The molecule has 2 bridgehead atoms. The third kappa shape index (κ3) is 3.66. The fourth-order valence-corrected chi connectivity index (χ4v) is 8.56. The van der Waals surface area contributed by atoms with E-state index in [0.29, 0.717) is 24.2 Å². The zero-order chi connectivity index (χ0) is 27.6. The van der Waals surface area contributed by atoms with Gasteiger partial charge in [0.1, 0.15) is 5.75 Å². The number of likely N-dealkylation sites (tertiary alicyclic amines) is 1. The molecular formula is C30H26F3NO4S. The van der Waals surface area contributed by atoms with Gasteiger partial charge in [0, 0.05) is 46.9 Å². The number of amides is 1. The summed E-state index contributed by atoms with van der Waals surface area (Å²) in [4.78, 5) is 29.2. The Hall–Kier alpha value is -3.59. The van der Waals surface area contributed by atoms with E-state index >= 15 is 0 Å². The summed E-state index contributed by atoms with van der Waals surface area (Å²) in [6, 6.07) is 14.4. The Morgan fingerprint density at radius 2 is 1.87 bits per heavy atom. The minimum atomic E-state index is -4.47. The highest BCUT2D eigenvalue weighted by atomic mass is 32.1. The van der Waals surface area contributed by atoms with Crippen molar-refractivity contribution in [1.29, 1.82) is 0 Å². The summed E-state index contributed by atoms with van der Waals surface area (Å²) >= 11 is 1.50. The molecule has 1 saturated heterocycles. The molecule has 3 aromatic rings. The van der Waals surface area contributed by atoms with Crippen molar-refractivity contribution in [3.05, 3.63) is 93.2 Å². The van der Waals surface area contributed by atoms with Crippen LogP contribution < -0.4 is 4.74 Å². The number of hydrogen-bond acceptors (Lipinski definition) is 4. The van der Waals surface area contributed by atoms with Crippen molar-refractivity contribution in [2.75, 3.05) is 20.2 Å². The zero-order valence-corrected chi connectivity index (χ0v) is 21.9. The molecule has 0 radical (unpaired) electrons. The van der Waals surface area contributed by atoms with Crippen LogP contribution in [0, 0.1) is 11.3 Å². The number of carbonyl (C=O) groups excluding carboxylic acids is 1. The third-order valence-corrected chi connectivity index (χ3v) is 10.0. The highest BCUT2D eigenvalue weighted by molar-refractivity contribution is 7.10. The molecule has 0 spiro atoms. The molecule has 2 aromatic carbocycles. The molecular weight excluding hydrogens is 527 g/mol. The first kappa shape index (κ1) is 25.7. The van der Waals surface area contributed by atoms with Gasteiger partial charge in [-0.2, -0.15) is 13.2 Å². The van der Waals surface area contributed by atoms with Gasteiger partial charge in [-0.3, -0.25) is 9.59 Å². The molecule has 5 nitrogen and oxygen atoms in total. The monoisotopic (exact) mass is 553 g/mol. The Bertz CT molecular complexity index is 1480. The van der Waals surface area contributed by atoms with E-state index in [0.717, 1.165) is 28.1 Å². The molecule has 1 aliphatic heterocycles. The van der Waals surface area contributed by atoms with Gasteiger partial charge in [-0.05, 0) is 59.7 Å². The standard InChI is InChI=1S/C30H26F3NO4S/c1-38-23-5-3-2-4-18(23)6-11-25(35)34-16-24-28(19-7-9-20(10-8-19)30(31,32)33)14-12-21(26-22(28)13-15-39-26)29(24,17-34)27(36)37/h2-11,13,15,21,24H,12,14,16-17H2,1H3,(H,36,37)/b11-6+/t21-,24-,28-,29-/m0/s1. The van der Waals surface area contributed by atoms with Crippen LogP contribution in [-0.4, -0.2) is 42.1 Å². The zero-order valence-electron chi connectivity index (χ0n) is 21.1. The maximum atomic E-state index is 13.5. The topological polar surface area (TPSA) is 66.8 Å². The number of ether oxygens (including phenoxy) is 1. The second-order valence-corrected chi connectivity index (χ2v) is 11.5. The van der Waals surface area contributed by atoms with Crippen LogP contribution in [0.15, 0.2) is 66.1 Å². The van der Waals surface area contributed by atoms with Gasteiger partial charge in [-0.1, -0.05) is 30.3 Å². The Labute approximate surface area is 227 Å². The number of thiophene rings is 1. The number of hydrogen-bond donors (Lipinski definition) is 1. The number of rotatable bonds is 5. The van der Waals surface area contributed by atoms with Gasteiger partial charge in [0.25, 0.3) is 0 Å². The second-order valence-electron chi connectivity index (χ2n) is 10.5. The number of carboxylic acids is 1. The molecule has 39 heavy (non-hydrogen) atoms. The number of nitrogens with zero attached hydrogens (tertiary/aromatic N) is 1. The van der Waals surface area contributed by atoms with Crippen molar-refractivity contribution in [1.82, 2.24) is 4.90 Å². The number of benzene rings is 2. The van der Waals surface area contributed by atoms with Crippen LogP contribution in [-0.2, 0) is 21.2 Å². The molecule has 1 N–H and O–H groups in total. The number of fused-ring (bicyclic) bond motifs is 1. The molecule has 202 valence electrons. The van der Waals surface area contributed by atoms with Crippen LogP contribution in [0.25, 0.3) is 6.08 Å². The van der Waals surface area contributed by atoms with Gasteiger partial charge in [-0.15, -0.1) is 11.3 Å². The molecule has 3 aliphatic carbocycles. The molecule has 1 aromatic heterocycles. The van der Waals surface area contributed by atoms with Crippen molar-refractivity contribution in [3.8, 4) is 5.75 Å². The average Bonchev–Trinajstić information content (AvgIpc) is 3.60. The lowest BCUT2D eigenvalue weighted by Crippen LogP contribution is -2.59. The van der Waals surface area contributed by atoms with Crippen molar-refractivity contribution >= 4 is 29.3 Å². The van der Waals surface area contributed by atoms with Gasteiger partial charge < -0.3 is 14.7 Å². The molecule has 2 fully saturated rings. The molecule has 1 amide bonds. The van der Waals surface area contributed by atoms with Crippen molar-refractivity contribution in [2.24, 2.45) is 11.3 Å². The number of alkyl halides is 3. The van der Waals surface area contributed by atoms with E-state index in [-0.39, 0.29) is 24.9 Å². The Morgan fingerprint density at radius 1 is 1.13 bits per heavy atom. The van der Waals surface area contributed by atoms with Gasteiger partial charge in [-0.25, -0.2) is 0 Å². The summed E-state index contributed by atoms with van der Waals surface area (Å²) in [6.45, 7) is 0.251. The van der Waals surface area contributed by atoms with Gasteiger partial charge in [0.05, 0.1) is 18.1 Å². The number of para-hydroxylation sites is 1. The number of halogens is 3. The third-order valence-electron chi connectivity index (χ3n) is 9.00. The summed E-state index contributed by atoms with van der Waals surface area (Å²) in [5, 5.41) is 12.7. The maximum absolute atomic E-state index is 13.5. The lowest BCUT2D eigenvalue weighted by atomic mass is 9.43. The Balaban J connectivity index is 1.42. The molecule has 7 rings (SSSR count). The summed E-state index contributed by atoms with van der Waals surface area (Å²) < 4.78 is 45.5. The summed E-state index contributed by atoms with van der Waals surface area (Å²) in [5.74, 6) is -1.40. The quantitative estimate of drug-likeness (QED) is 0.383. The molecule has 1 saturated carbocycles. The SMILES string of the molecule is COc1ccccc1/C=C/C(=O)N1C[C@H]2[C@]3(c4ccc(C(F)(F)F)cc4)CC[C@@H](c4sccc43)[C@@]2(C(=O)O)C1. The van der Waals surface area contributed by atoms with Crippen LogP contribution in [0.1, 0.15) is 45.9 Å². The molecule has 9 heteroatoms. The van der Waals surface area contributed by atoms with E-state index in [1.807, 2.05) is 29.6 Å². The smallest absolute Gasteiger partial charge is 0.416 e. The molecule has 2 heterocycles. The highest BCUT2D eigenvalue weighted by Gasteiger charge is 2.71. The van der Waals surface area contributed by atoms with Crippen molar-refractivity contribution in [2.45, 2.75) is 30.4 Å². The molecule has 0 unspecified atom stereocenters. The predicted molar refractivity (Wildman–Crippen MR) is 141 cm³/mol. The Morgan fingerprint density at radius 3 is 2.56 bits per heavy atom. The van der Waals surface area contributed by atoms with Crippen LogP contribution in [0.4, 0.5) is 13.2 Å². The van der Waals surface area contributed by atoms with Gasteiger partial charge in [0.2, 0.25) is 5.91 Å². The van der Waals surface area contributed by atoms with E-state index in [9.17, 15) is 27.9 Å². The van der Waals surface area contributed by atoms with E-state index < -0.39 is 34.5 Å². The minimum Gasteiger partial charge on any atom is -0.496 e. The first-order valence-corrected chi connectivity index (χ1v) is 13.6. The average molecular weight is 554 g/mol. The largest absolute Gasteiger partial charge is 0.496 e. The van der Waals surface area contributed by atoms with Gasteiger partial charge >= 0.3 is 12.1 Å². The van der Waals surface area contributed by atoms with Crippen LogP contribution in [0.3, 0.4) is 0 Å². The second kappa shape index (κ2) is 8.98. The lowest BCUT2D eigenvalue weighted by Gasteiger charge is -2.58. The van der Waals surface area contributed by atoms with E-state index in [4.69, 9.17) is 4.74 Å². The summed E-state index contributed by atoms with van der Waals surface area (Å²) in [6.07, 6.45) is -0.161. The van der Waals surface area contributed by atoms with Crippen LogP contribution >= 0.6 is 11.3 Å². The minimum absolute atomic E-state index is 0.0481. The fourth-order valence-electron chi connectivity index (χ4n) is 7.33. The van der Waals surface area contributed by atoms with E-state index in [2.05, 4.69) is 0 Å². The first-order chi connectivity index (χ1) is 18.6. The van der Waals surface area contributed by atoms with Crippen molar-refractivity contribution in [3.63, 3.8) is 0 Å². The lowest BCUT2D eigenvalue weighted by molar-refractivity contribution is -0.157. The summed E-state index contributed by atoms with van der Waals surface area (Å²) in [7, 11) is 1.55. The number of carboxylic acid groups (broad SMARTS) is 1. The molecule has 4 aliphatic rings. The number of aliphatic carboxylic acids is 1. The van der Waals surface area contributed by atoms with E-state index in [1.165, 1.54) is 29.5 Å². The maximum Gasteiger partial charge on any atom is 0.416 e. The normalized spacial score (nSPS) is 27.4. The fraction of sp³-hybridized carbons (Fsp3) is 0.333. The Kier molecular flexibility index (Phi) is 5.91. The highest BCUT2D eigenvalue weighted by Crippen LogP contribution is 2.70. The summed E-state index contributed by atoms with van der Waals surface area (Å²) in [5.41, 5.74) is -0.388. The first-order valence-electron chi connectivity index (χ1n) is 12.7. The van der Waals surface area contributed by atoms with Crippen LogP contribution in [0.2, 0.25) is 0 Å². The van der Waals surface area contributed by atoms with Crippen molar-refractivity contribution < 1.29 is 32.6 Å². The van der Waals surface area contributed by atoms with Crippen LogP contribution in [0.5, 0.6) is 5.75 Å².